The van der Waals surface area contributed by atoms with Crippen molar-refractivity contribution in [3.63, 3.8) is 0 Å². The molecule has 2 aliphatic heterocycles. The van der Waals surface area contributed by atoms with E-state index in [0.717, 1.165) is 29.8 Å². The molecule has 0 unspecified atom stereocenters. The molecule has 142 valence electrons. The van der Waals surface area contributed by atoms with Gasteiger partial charge in [0.2, 0.25) is 5.91 Å². The van der Waals surface area contributed by atoms with Gasteiger partial charge in [-0.1, -0.05) is 0 Å². The molecule has 2 fully saturated rings. The lowest BCUT2D eigenvalue weighted by Crippen LogP contribution is -2.42. The van der Waals surface area contributed by atoms with E-state index >= 15 is 0 Å². The van der Waals surface area contributed by atoms with Crippen LogP contribution in [0.25, 0.3) is 11.3 Å². The second-order valence-corrected chi connectivity index (χ2v) is 7.20. The van der Waals surface area contributed by atoms with Crippen LogP contribution in [-0.4, -0.2) is 53.1 Å². The number of aromatic nitrogens is 2. The summed E-state index contributed by atoms with van der Waals surface area (Å²) in [5, 5.41) is 0. The number of hydrogen-bond acceptors (Lipinski definition) is 4. The average Bonchev–Trinajstić information content (AvgIpc) is 3.14. The Morgan fingerprint density at radius 2 is 1.81 bits per heavy atom. The largest absolute Gasteiger partial charge is 0.368 e. The quantitative estimate of drug-likeness (QED) is 0.831. The van der Waals surface area contributed by atoms with Crippen LogP contribution in [0.4, 0.5) is 14.5 Å². The lowest BCUT2D eigenvalue weighted by molar-refractivity contribution is -0.135. The summed E-state index contributed by atoms with van der Waals surface area (Å²) in [4.78, 5) is 25.0. The summed E-state index contributed by atoms with van der Waals surface area (Å²) in [6.07, 6.45) is 4.27. The number of halogens is 2. The van der Waals surface area contributed by atoms with Crippen LogP contribution in [0.3, 0.4) is 0 Å². The Labute approximate surface area is 157 Å². The summed E-state index contributed by atoms with van der Waals surface area (Å²) >= 11 is 0. The molecular formula is C20H22F2N4O. The Hall–Kier alpha value is -2.57. The van der Waals surface area contributed by atoms with Crippen molar-refractivity contribution in [2.75, 3.05) is 31.1 Å². The summed E-state index contributed by atoms with van der Waals surface area (Å²) < 4.78 is 26.6. The number of likely N-dealkylation sites (tertiary alicyclic amines) is 1. The minimum atomic E-state index is -0.881. The molecule has 2 saturated heterocycles. The van der Waals surface area contributed by atoms with Gasteiger partial charge in [0.25, 0.3) is 0 Å². The Bertz CT molecular complexity index is 806. The van der Waals surface area contributed by atoms with Crippen molar-refractivity contribution in [3.8, 4) is 11.3 Å². The molecule has 1 atom stereocenters. The molecular weight excluding hydrogens is 350 g/mol. The number of anilines is 1. The van der Waals surface area contributed by atoms with E-state index in [9.17, 15) is 13.6 Å². The molecule has 1 aromatic heterocycles. The second-order valence-electron chi connectivity index (χ2n) is 7.20. The van der Waals surface area contributed by atoms with Crippen molar-refractivity contribution in [2.45, 2.75) is 25.4 Å². The molecule has 7 heteroatoms. The maximum Gasteiger partial charge on any atom is 0.225 e. The molecule has 0 aliphatic carbocycles. The third kappa shape index (κ3) is 3.77. The van der Waals surface area contributed by atoms with Gasteiger partial charge in [0.05, 0.1) is 24.1 Å². The van der Waals surface area contributed by atoms with Crippen molar-refractivity contribution < 1.29 is 13.6 Å². The zero-order chi connectivity index (χ0) is 18.8. The first kappa shape index (κ1) is 17.8. The lowest BCUT2D eigenvalue weighted by atomic mass is 9.94. The number of amides is 1. The van der Waals surface area contributed by atoms with E-state index in [1.165, 1.54) is 18.5 Å². The summed E-state index contributed by atoms with van der Waals surface area (Å²) in [6, 6.07) is 6.25. The van der Waals surface area contributed by atoms with Crippen molar-refractivity contribution in [3.05, 3.63) is 42.6 Å². The predicted molar refractivity (Wildman–Crippen MR) is 98.5 cm³/mol. The van der Waals surface area contributed by atoms with Gasteiger partial charge in [-0.15, -0.1) is 0 Å². The molecule has 0 N–H and O–H groups in total. The summed E-state index contributed by atoms with van der Waals surface area (Å²) in [5.41, 5.74) is 2.48. The van der Waals surface area contributed by atoms with E-state index < -0.39 is 6.17 Å². The number of alkyl halides is 1. The number of rotatable bonds is 3. The first-order valence-corrected chi connectivity index (χ1v) is 9.35. The first-order valence-electron chi connectivity index (χ1n) is 9.35. The van der Waals surface area contributed by atoms with Crippen molar-refractivity contribution >= 4 is 11.6 Å². The number of hydrogen-bond donors (Lipinski definition) is 0. The lowest BCUT2D eigenvalue weighted by Gasteiger charge is -2.35. The van der Waals surface area contributed by atoms with Gasteiger partial charge >= 0.3 is 0 Å². The maximum absolute atomic E-state index is 13.4. The second kappa shape index (κ2) is 7.58. The maximum atomic E-state index is 13.4. The van der Waals surface area contributed by atoms with Crippen LogP contribution >= 0.6 is 0 Å². The van der Waals surface area contributed by atoms with Crippen molar-refractivity contribution in [1.29, 1.82) is 0 Å². The molecule has 0 radical (unpaired) electrons. The van der Waals surface area contributed by atoms with Gasteiger partial charge in [0.1, 0.15) is 18.3 Å². The summed E-state index contributed by atoms with van der Waals surface area (Å²) in [6.45, 7) is 2.19. The molecule has 0 saturated carbocycles. The highest BCUT2D eigenvalue weighted by atomic mass is 19.1. The fourth-order valence-corrected chi connectivity index (χ4v) is 3.93. The Balaban J connectivity index is 1.46. The zero-order valence-corrected chi connectivity index (χ0v) is 15.0. The Kier molecular flexibility index (Phi) is 5.01. The molecule has 2 aromatic rings. The zero-order valence-electron chi connectivity index (χ0n) is 15.0. The van der Waals surface area contributed by atoms with Gasteiger partial charge in [-0.3, -0.25) is 4.79 Å². The monoisotopic (exact) mass is 372 g/mol. The number of piperidine rings is 1. The third-order valence-corrected chi connectivity index (χ3v) is 5.44. The standard InChI is InChI=1S/C20H22F2N4O/c21-16-3-1-14(2-4-16)19-18(11-23-13-24-19)25-8-5-15(6-9-25)20(27)26-10-7-17(22)12-26/h1-4,11,13,15,17H,5-10,12H2/t17-/m0/s1. The van der Waals surface area contributed by atoms with E-state index in [2.05, 4.69) is 14.9 Å². The topological polar surface area (TPSA) is 49.3 Å². The molecule has 2 aliphatic rings. The Morgan fingerprint density at radius 1 is 1.07 bits per heavy atom. The highest BCUT2D eigenvalue weighted by molar-refractivity contribution is 5.80. The SMILES string of the molecule is O=C(C1CCN(c2cncnc2-c2ccc(F)cc2)CC1)N1CC[C@H](F)C1. The Morgan fingerprint density at radius 3 is 2.48 bits per heavy atom. The van der Waals surface area contributed by atoms with E-state index in [1.807, 2.05) is 0 Å². The normalized spacial score (nSPS) is 20.9. The highest BCUT2D eigenvalue weighted by Crippen LogP contribution is 2.32. The third-order valence-electron chi connectivity index (χ3n) is 5.44. The van der Waals surface area contributed by atoms with Gasteiger partial charge in [0.15, 0.2) is 0 Å². The molecule has 1 amide bonds. The van der Waals surface area contributed by atoms with Crippen LogP contribution in [0, 0.1) is 11.7 Å². The van der Waals surface area contributed by atoms with Crippen LogP contribution in [0.1, 0.15) is 19.3 Å². The number of carbonyl (C=O) groups excluding carboxylic acids is 1. The van der Waals surface area contributed by atoms with Crippen LogP contribution in [-0.2, 0) is 4.79 Å². The van der Waals surface area contributed by atoms with Gasteiger partial charge in [0, 0.05) is 31.1 Å². The molecule has 1 aromatic carbocycles. The van der Waals surface area contributed by atoms with E-state index in [-0.39, 0.29) is 24.2 Å². The number of benzene rings is 1. The first-order chi connectivity index (χ1) is 13.1. The van der Waals surface area contributed by atoms with Gasteiger partial charge in [-0.05, 0) is 43.5 Å². The van der Waals surface area contributed by atoms with Crippen LogP contribution in [0.15, 0.2) is 36.8 Å². The minimum Gasteiger partial charge on any atom is -0.368 e. The van der Waals surface area contributed by atoms with Crippen LogP contribution < -0.4 is 4.90 Å². The van der Waals surface area contributed by atoms with E-state index in [1.54, 1.807) is 23.2 Å². The van der Waals surface area contributed by atoms with Crippen LogP contribution in [0.5, 0.6) is 0 Å². The minimum absolute atomic E-state index is 0.0505. The average molecular weight is 372 g/mol. The number of carbonyl (C=O) groups is 1. The molecule has 0 bridgehead atoms. The van der Waals surface area contributed by atoms with Crippen molar-refractivity contribution in [1.82, 2.24) is 14.9 Å². The van der Waals surface area contributed by atoms with E-state index in [4.69, 9.17) is 0 Å². The van der Waals surface area contributed by atoms with Gasteiger partial charge in [-0.2, -0.15) is 0 Å². The van der Waals surface area contributed by atoms with Crippen molar-refractivity contribution in [2.24, 2.45) is 5.92 Å². The van der Waals surface area contributed by atoms with Crippen LogP contribution in [0.2, 0.25) is 0 Å². The van der Waals surface area contributed by atoms with Gasteiger partial charge < -0.3 is 9.80 Å². The summed E-state index contributed by atoms with van der Waals surface area (Å²) in [7, 11) is 0. The number of nitrogens with zero attached hydrogens (tertiary/aromatic N) is 4. The fraction of sp³-hybridized carbons (Fsp3) is 0.450. The fourth-order valence-electron chi connectivity index (χ4n) is 3.93. The molecule has 27 heavy (non-hydrogen) atoms. The highest BCUT2D eigenvalue weighted by Gasteiger charge is 2.33. The predicted octanol–water partition coefficient (Wildman–Crippen LogP) is 3.07. The van der Waals surface area contributed by atoms with E-state index in [0.29, 0.717) is 26.1 Å². The summed E-state index contributed by atoms with van der Waals surface area (Å²) in [5.74, 6) is -0.255. The molecule has 0 spiro atoms. The smallest absolute Gasteiger partial charge is 0.225 e. The van der Waals surface area contributed by atoms with Gasteiger partial charge in [-0.25, -0.2) is 18.7 Å². The molecule has 3 heterocycles. The molecule has 5 nitrogen and oxygen atoms in total. The molecule has 4 rings (SSSR count).